The Balaban J connectivity index is 2.49. The van der Waals surface area contributed by atoms with Crippen LogP contribution in [0.5, 0.6) is 5.75 Å². The highest BCUT2D eigenvalue weighted by molar-refractivity contribution is 7.48. The SMILES string of the molecule is CCC(C)(Pc1ccc(F)cc1CN(C)C)c1cc(C)cc(C)c1O. The van der Waals surface area contributed by atoms with Gasteiger partial charge in [0.25, 0.3) is 0 Å². The average molecular weight is 361 g/mol. The number of phenolic OH excluding ortho intramolecular Hbond substituents is 1. The monoisotopic (exact) mass is 361 g/mol. The summed E-state index contributed by atoms with van der Waals surface area (Å²) >= 11 is 0. The van der Waals surface area contributed by atoms with Gasteiger partial charge in [-0.25, -0.2) is 4.39 Å². The van der Waals surface area contributed by atoms with Crippen LogP contribution in [0.3, 0.4) is 0 Å². The second-order valence-electron chi connectivity index (χ2n) is 7.33. The third-order valence-corrected chi connectivity index (χ3v) is 6.64. The van der Waals surface area contributed by atoms with E-state index in [9.17, 15) is 9.50 Å². The molecular weight excluding hydrogens is 332 g/mol. The molecule has 0 radical (unpaired) electrons. The summed E-state index contributed by atoms with van der Waals surface area (Å²) in [7, 11) is 4.44. The van der Waals surface area contributed by atoms with Crippen LogP contribution in [-0.4, -0.2) is 24.1 Å². The minimum Gasteiger partial charge on any atom is -0.507 e. The molecule has 2 atom stereocenters. The normalized spacial score (nSPS) is 14.4. The van der Waals surface area contributed by atoms with Crippen LogP contribution in [0.25, 0.3) is 0 Å². The van der Waals surface area contributed by atoms with Gasteiger partial charge in [-0.2, -0.15) is 0 Å². The molecule has 2 rings (SSSR count). The summed E-state index contributed by atoms with van der Waals surface area (Å²) in [6.45, 7) is 9.06. The van der Waals surface area contributed by atoms with E-state index in [1.165, 1.54) is 0 Å². The predicted octanol–water partition coefficient (Wildman–Crippen LogP) is 4.84. The van der Waals surface area contributed by atoms with Gasteiger partial charge in [-0.05, 0) is 62.9 Å². The first-order chi connectivity index (χ1) is 11.7. The second kappa shape index (κ2) is 7.85. The van der Waals surface area contributed by atoms with Crippen LogP contribution >= 0.6 is 8.58 Å². The summed E-state index contributed by atoms with van der Waals surface area (Å²) in [5.74, 6) is 0.191. The van der Waals surface area contributed by atoms with Gasteiger partial charge in [-0.15, -0.1) is 0 Å². The lowest BCUT2D eigenvalue weighted by Gasteiger charge is -2.32. The van der Waals surface area contributed by atoms with Crippen molar-refractivity contribution in [3.05, 3.63) is 58.4 Å². The first kappa shape index (κ1) is 19.9. The molecule has 0 aromatic heterocycles. The van der Waals surface area contributed by atoms with Crippen molar-refractivity contribution in [1.29, 1.82) is 0 Å². The Kier molecular flexibility index (Phi) is 6.24. The molecule has 2 aromatic carbocycles. The van der Waals surface area contributed by atoms with Gasteiger partial charge in [0.2, 0.25) is 0 Å². The van der Waals surface area contributed by atoms with E-state index in [-0.39, 0.29) is 11.0 Å². The maximum atomic E-state index is 13.7. The molecule has 0 heterocycles. The van der Waals surface area contributed by atoms with Gasteiger partial charge in [0.05, 0.1) is 0 Å². The Morgan fingerprint density at radius 1 is 1.16 bits per heavy atom. The zero-order valence-corrected chi connectivity index (χ0v) is 17.1. The number of aryl methyl sites for hydroxylation is 2. The standard InChI is InChI=1S/C21H29FNOP/c1-7-21(4,18-11-14(2)10-15(3)20(18)24)25-19-9-8-17(22)12-16(19)13-23(5)6/h8-12,24-25H,7,13H2,1-6H3. The average Bonchev–Trinajstić information content (AvgIpc) is 2.52. The van der Waals surface area contributed by atoms with E-state index in [4.69, 9.17) is 0 Å². The molecule has 0 fully saturated rings. The molecule has 2 nitrogen and oxygen atoms in total. The Bertz CT molecular complexity index is 760. The fourth-order valence-electron chi connectivity index (χ4n) is 3.18. The van der Waals surface area contributed by atoms with E-state index < -0.39 is 0 Å². The summed E-state index contributed by atoms with van der Waals surface area (Å²) in [6.07, 6.45) is 0.903. The number of hydrogen-bond acceptors (Lipinski definition) is 2. The summed E-state index contributed by atoms with van der Waals surface area (Å²) in [6, 6.07) is 9.18. The lowest BCUT2D eigenvalue weighted by atomic mass is 9.93. The van der Waals surface area contributed by atoms with Crippen molar-refractivity contribution >= 4 is 13.9 Å². The van der Waals surface area contributed by atoms with E-state index in [2.05, 4.69) is 31.7 Å². The predicted molar refractivity (Wildman–Crippen MR) is 107 cm³/mol. The van der Waals surface area contributed by atoms with E-state index >= 15 is 0 Å². The molecule has 0 spiro atoms. The number of halogens is 1. The molecule has 4 heteroatoms. The van der Waals surface area contributed by atoms with Crippen molar-refractivity contribution in [2.75, 3.05) is 14.1 Å². The van der Waals surface area contributed by atoms with Gasteiger partial charge in [0.1, 0.15) is 11.6 Å². The van der Waals surface area contributed by atoms with Gasteiger partial charge in [0.15, 0.2) is 0 Å². The lowest BCUT2D eigenvalue weighted by Crippen LogP contribution is -2.23. The molecule has 0 aliphatic heterocycles. The van der Waals surface area contributed by atoms with Gasteiger partial charge in [0, 0.05) is 17.3 Å². The third-order valence-electron chi connectivity index (χ3n) is 4.71. The molecule has 0 aliphatic carbocycles. The van der Waals surface area contributed by atoms with E-state index in [0.717, 1.165) is 34.0 Å². The molecule has 0 saturated heterocycles. The molecule has 25 heavy (non-hydrogen) atoms. The molecule has 0 saturated carbocycles. The zero-order chi connectivity index (χ0) is 18.8. The molecular formula is C21H29FNOP. The van der Waals surface area contributed by atoms with E-state index in [1.54, 1.807) is 12.1 Å². The number of phenols is 1. The maximum Gasteiger partial charge on any atom is 0.123 e. The van der Waals surface area contributed by atoms with Crippen LogP contribution in [0.1, 0.15) is 42.5 Å². The molecule has 1 N–H and O–H groups in total. The van der Waals surface area contributed by atoms with Crippen molar-refractivity contribution in [3.63, 3.8) is 0 Å². The Morgan fingerprint density at radius 3 is 2.44 bits per heavy atom. The highest BCUT2D eigenvalue weighted by Gasteiger charge is 2.30. The van der Waals surface area contributed by atoms with Gasteiger partial charge >= 0.3 is 0 Å². The largest absolute Gasteiger partial charge is 0.507 e. The summed E-state index contributed by atoms with van der Waals surface area (Å²) in [5, 5.41) is 11.6. The van der Waals surface area contributed by atoms with Crippen molar-refractivity contribution in [3.8, 4) is 5.75 Å². The Labute approximate surface area is 152 Å². The number of hydrogen-bond donors (Lipinski definition) is 1. The first-order valence-corrected chi connectivity index (χ1v) is 9.68. The fourth-order valence-corrected chi connectivity index (χ4v) is 4.75. The van der Waals surface area contributed by atoms with Crippen molar-refractivity contribution in [2.45, 2.75) is 45.8 Å². The molecule has 136 valence electrons. The van der Waals surface area contributed by atoms with Crippen LogP contribution in [0.4, 0.5) is 4.39 Å². The molecule has 0 bridgehead atoms. The quantitative estimate of drug-likeness (QED) is 0.744. The Morgan fingerprint density at radius 2 is 1.84 bits per heavy atom. The number of benzene rings is 2. The van der Waals surface area contributed by atoms with E-state index in [0.29, 0.717) is 20.9 Å². The smallest absolute Gasteiger partial charge is 0.123 e. The Hall–Kier alpha value is -1.44. The summed E-state index contributed by atoms with van der Waals surface area (Å²) in [4.78, 5) is 2.06. The zero-order valence-electron chi connectivity index (χ0n) is 16.1. The van der Waals surface area contributed by atoms with Gasteiger partial charge in [-0.1, -0.05) is 46.2 Å². The molecule has 0 amide bonds. The minimum atomic E-state index is -0.196. The lowest BCUT2D eigenvalue weighted by molar-refractivity contribution is 0.402. The van der Waals surface area contributed by atoms with Crippen LogP contribution in [-0.2, 0) is 11.7 Å². The van der Waals surface area contributed by atoms with E-state index in [1.807, 2.05) is 33.2 Å². The number of aromatic hydroxyl groups is 1. The van der Waals surface area contributed by atoms with Crippen LogP contribution in [0.15, 0.2) is 30.3 Å². The summed E-state index contributed by atoms with van der Waals surface area (Å²) in [5.41, 5.74) is 4.08. The molecule has 2 aromatic rings. The number of rotatable bonds is 6. The number of nitrogens with zero attached hydrogens (tertiary/aromatic N) is 1. The highest BCUT2D eigenvalue weighted by atomic mass is 31.1. The summed E-state index contributed by atoms with van der Waals surface area (Å²) < 4.78 is 13.7. The van der Waals surface area contributed by atoms with Crippen LogP contribution in [0.2, 0.25) is 0 Å². The molecule has 2 unspecified atom stereocenters. The third kappa shape index (κ3) is 4.59. The van der Waals surface area contributed by atoms with Crippen molar-refractivity contribution < 1.29 is 9.50 Å². The topological polar surface area (TPSA) is 23.5 Å². The molecule has 0 aliphatic rings. The van der Waals surface area contributed by atoms with Crippen LogP contribution in [0, 0.1) is 19.7 Å². The fraction of sp³-hybridized carbons (Fsp3) is 0.429. The van der Waals surface area contributed by atoms with Gasteiger partial charge < -0.3 is 10.0 Å². The van der Waals surface area contributed by atoms with Crippen molar-refractivity contribution in [2.24, 2.45) is 0 Å². The minimum absolute atomic E-state index is 0.181. The maximum absolute atomic E-state index is 13.7. The first-order valence-electron chi connectivity index (χ1n) is 8.68. The highest BCUT2D eigenvalue weighted by Crippen LogP contribution is 2.48. The van der Waals surface area contributed by atoms with Gasteiger partial charge in [-0.3, -0.25) is 0 Å². The second-order valence-corrected chi connectivity index (χ2v) is 9.22. The van der Waals surface area contributed by atoms with Crippen LogP contribution < -0.4 is 5.30 Å². The van der Waals surface area contributed by atoms with Crippen molar-refractivity contribution in [1.82, 2.24) is 4.90 Å².